The van der Waals surface area contributed by atoms with E-state index in [0.717, 1.165) is 0 Å². The number of hydrogen-bond acceptors (Lipinski definition) is 3. The molecule has 1 aliphatic heterocycles. The smallest absolute Gasteiger partial charge is 0.410 e. The van der Waals surface area contributed by atoms with Crippen molar-refractivity contribution in [3.8, 4) is 0 Å². The Balaban J connectivity index is 2.08. The summed E-state index contributed by atoms with van der Waals surface area (Å²) >= 11 is 0. The molecule has 0 aromatic carbocycles. The van der Waals surface area contributed by atoms with Crippen LogP contribution in [0.5, 0.6) is 0 Å². The fourth-order valence-electron chi connectivity index (χ4n) is 2.80. The monoisotopic (exact) mass is 239 g/mol. The maximum Gasteiger partial charge on any atom is 0.410 e. The van der Waals surface area contributed by atoms with E-state index in [1.807, 2.05) is 27.7 Å². The van der Waals surface area contributed by atoms with Crippen molar-refractivity contribution in [3.05, 3.63) is 0 Å². The Labute approximate surface area is 102 Å². The van der Waals surface area contributed by atoms with Crippen LogP contribution in [0.4, 0.5) is 4.79 Å². The number of ketones is 1. The van der Waals surface area contributed by atoms with Crippen molar-refractivity contribution in [2.45, 2.75) is 46.6 Å². The first kappa shape index (κ1) is 12.4. The highest BCUT2D eigenvalue weighted by molar-refractivity contribution is 5.94. The summed E-state index contributed by atoms with van der Waals surface area (Å²) in [6.07, 6.45) is 0.283. The van der Waals surface area contributed by atoms with Crippen LogP contribution in [0, 0.1) is 10.8 Å². The molecule has 2 fully saturated rings. The van der Waals surface area contributed by atoms with Gasteiger partial charge in [-0.2, -0.15) is 0 Å². The zero-order chi connectivity index (χ0) is 13.1. The molecule has 0 unspecified atom stereocenters. The van der Waals surface area contributed by atoms with Crippen molar-refractivity contribution >= 4 is 11.9 Å². The molecule has 0 spiro atoms. The van der Waals surface area contributed by atoms with Gasteiger partial charge in [0.15, 0.2) is 0 Å². The number of nitrogens with zero attached hydrogens (tertiary/aromatic N) is 1. The van der Waals surface area contributed by atoms with Crippen LogP contribution >= 0.6 is 0 Å². The molecule has 96 valence electrons. The maximum atomic E-state index is 12.0. The number of carbonyl (C=O) groups excluding carboxylic acids is 2. The minimum Gasteiger partial charge on any atom is -0.444 e. The van der Waals surface area contributed by atoms with Gasteiger partial charge in [-0.3, -0.25) is 4.79 Å². The highest BCUT2D eigenvalue weighted by Crippen LogP contribution is 2.58. The van der Waals surface area contributed by atoms with E-state index in [-0.39, 0.29) is 22.7 Å². The maximum absolute atomic E-state index is 12.0. The molecule has 2 aliphatic rings. The van der Waals surface area contributed by atoms with E-state index in [0.29, 0.717) is 19.5 Å². The van der Waals surface area contributed by atoms with E-state index in [1.54, 1.807) is 4.90 Å². The van der Waals surface area contributed by atoms with E-state index in [1.165, 1.54) is 0 Å². The van der Waals surface area contributed by atoms with Crippen LogP contribution in [-0.4, -0.2) is 35.5 Å². The molecule has 2 atom stereocenters. The van der Waals surface area contributed by atoms with E-state index in [2.05, 4.69) is 6.92 Å². The van der Waals surface area contributed by atoms with Gasteiger partial charge >= 0.3 is 6.09 Å². The second kappa shape index (κ2) is 3.24. The highest BCUT2D eigenvalue weighted by Gasteiger charge is 2.65. The van der Waals surface area contributed by atoms with E-state index in [4.69, 9.17) is 4.74 Å². The molecule has 1 saturated carbocycles. The van der Waals surface area contributed by atoms with Gasteiger partial charge in [0.2, 0.25) is 0 Å². The van der Waals surface area contributed by atoms with Crippen molar-refractivity contribution in [3.63, 3.8) is 0 Å². The Kier molecular flexibility index (Phi) is 2.36. The summed E-state index contributed by atoms with van der Waals surface area (Å²) in [7, 11) is 0. The van der Waals surface area contributed by atoms with Gasteiger partial charge in [-0.25, -0.2) is 4.79 Å². The molecular weight excluding hydrogens is 218 g/mol. The minimum atomic E-state index is -0.482. The van der Waals surface area contributed by atoms with Crippen LogP contribution in [-0.2, 0) is 9.53 Å². The molecule has 2 rings (SSSR count). The summed E-state index contributed by atoms with van der Waals surface area (Å²) in [4.78, 5) is 25.4. The molecule has 0 aromatic rings. The molecule has 1 amide bonds. The highest BCUT2D eigenvalue weighted by atomic mass is 16.6. The lowest BCUT2D eigenvalue weighted by atomic mass is 9.52. The zero-order valence-electron chi connectivity index (χ0n) is 11.3. The molecule has 4 nitrogen and oxygen atoms in total. The Morgan fingerprint density at radius 1 is 1.29 bits per heavy atom. The Morgan fingerprint density at radius 3 is 2.29 bits per heavy atom. The number of likely N-dealkylation sites (tertiary alicyclic amines) is 1. The summed E-state index contributed by atoms with van der Waals surface area (Å²) in [6.45, 7) is 10.7. The van der Waals surface area contributed by atoms with Gasteiger partial charge < -0.3 is 9.64 Å². The molecule has 0 aromatic heterocycles. The molecule has 17 heavy (non-hydrogen) atoms. The summed E-state index contributed by atoms with van der Waals surface area (Å²) in [5.74, 6) is 0.269. The van der Waals surface area contributed by atoms with Crippen molar-refractivity contribution in [2.75, 3.05) is 13.1 Å². The normalized spacial score (nSPS) is 36.5. The fraction of sp³-hybridized carbons (Fsp3) is 0.846. The number of rotatable bonds is 0. The first-order chi connectivity index (χ1) is 7.57. The van der Waals surface area contributed by atoms with Gasteiger partial charge in [0.1, 0.15) is 11.4 Å². The third-order valence-electron chi connectivity index (χ3n) is 4.20. The Hall–Kier alpha value is -1.06. The summed E-state index contributed by atoms with van der Waals surface area (Å²) in [5.41, 5.74) is -0.893. The zero-order valence-corrected chi connectivity index (χ0v) is 11.3. The van der Waals surface area contributed by atoms with Gasteiger partial charge in [-0.1, -0.05) is 13.8 Å². The topological polar surface area (TPSA) is 46.6 Å². The Morgan fingerprint density at radius 2 is 1.88 bits per heavy atom. The summed E-state index contributed by atoms with van der Waals surface area (Å²) in [6, 6.07) is 0. The van der Waals surface area contributed by atoms with Crippen molar-refractivity contribution < 1.29 is 14.3 Å². The molecule has 1 saturated heterocycles. The van der Waals surface area contributed by atoms with Gasteiger partial charge in [0, 0.05) is 24.9 Å². The minimum absolute atomic E-state index is 0.0546. The van der Waals surface area contributed by atoms with Crippen molar-refractivity contribution in [2.24, 2.45) is 10.8 Å². The molecule has 1 aliphatic carbocycles. The largest absolute Gasteiger partial charge is 0.444 e. The van der Waals surface area contributed by atoms with Crippen LogP contribution in [0.1, 0.15) is 41.0 Å². The number of hydrogen-bond donors (Lipinski definition) is 0. The predicted molar refractivity (Wildman–Crippen MR) is 63.6 cm³/mol. The van der Waals surface area contributed by atoms with Gasteiger partial charge in [0.05, 0.1) is 5.41 Å². The summed E-state index contributed by atoms with van der Waals surface area (Å²) in [5, 5.41) is 0. The first-order valence-electron chi connectivity index (χ1n) is 6.09. The standard InChI is InChI=1S/C13H21NO3/c1-11(2,3)17-10(16)14-7-12(4)6-9(15)13(12,5)8-14/h6-8H2,1-5H3/t12-,13+/m0/s1. The van der Waals surface area contributed by atoms with Crippen molar-refractivity contribution in [1.29, 1.82) is 0 Å². The number of carbonyl (C=O) groups is 2. The quantitative estimate of drug-likeness (QED) is 0.651. The van der Waals surface area contributed by atoms with Crippen molar-refractivity contribution in [1.82, 2.24) is 4.90 Å². The molecule has 0 N–H and O–H groups in total. The number of amides is 1. The van der Waals surface area contributed by atoms with Crippen LogP contribution < -0.4 is 0 Å². The predicted octanol–water partition coefficient (Wildman–Crippen LogP) is 2.22. The SMILES string of the molecule is CC(C)(C)OC(=O)N1C[C@]2(C)CC(=O)[C@@]2(C)C1. The number of ether oxygens (including phenoxy) is 1. The number of Topliss-reactive ketones (excluding diaryl/α,β-unsaturated/α-hetero) is 1. The number of fused-ring (bicyclic) bond motifs is 1. The second-order valence-corrected chi connectivity index (χ2v) is 6.83. The molecular formula is C13H21NO3. The van der Waals surface area contributed by atoms with Gasteiger partial charge in [-0.15, -0.1) is 0 Å². The lowest BCUT2D eigenvalue weighted by molar-refractivity contribution is -0.148. The fourth-order valence-corrected chi connectivity index (χ4v) is 2.80. The molecule has 0 bridgehead atoms. The van der Waals surface area contributed by atoms with Gasteiger partial charge in [0.25, 0.3) is 0 Å². The summed E-state index contributed by atoms with van der Waals surface area (Å²) < 4.78 is 5.35. The van der Waals surface area contributed by atoms with E-state index in [9.17, 15) is 9.59 Å². The van der Waals surface area contributed by atoms with Gasteiger partial charge in [-0.05, 0) is 20.8 Å². The lowest BCUT2D eigenvalue weighted by Crippen LogP contribution is -2.54. The average Bonchev–Trinajstić information content (AvgIpc) is 2.33. The lowest BCUT2D eigenvalue weighted by Gasteiger charge is -2.48. The van der Waals surface area contributed by atoms with Crippen LogP contribution in [0.2, 0.25) is 0 Å². The first-order valence-corrected chi connectivity index (χ1v) is 6.09. The Bertz CT molecular complexity index is 385. The second-order valence-electron chi connectivity index (χ2n) is 6.83. The molecule has 0 radical (unpaired) electrons. The van der Waals surface area contributed by atoms with Crippen LogP contribution in [0.25, 0.3) is 0 Å². The molecule has 1 heterocycles. The van der Waals surface area contributed by atoms with Crippen LogP contribution in [0.15, 0.2) is 0 Å². The van der Waals surface area contributed by atoms with E-state index < -0.39 is 5.60 Å². The average molecular weight is 239 g/mol. The molecule has 4 heteroatoms. The van der Waals surface area contributed by atoms with E-state index >= 15 is 0 Å². The van der Waals surface area contributed by atoms with Crippen LogP contribution in [0.3, 0.4) is 0 Å². The third-order valence-corrected chi connectivity index (χ3v) is 4.20. The third kappa shape index (κ3) is 1.74.